The Kier molecular flexibility index (Phi) is 5.35. The van der Waals surface area contributed by atoms with E-state index in [1.54, 1.807) is 6.92 Å². The zero-order valence-corrected chi connectivity index (χ0v) is 15.3. The van der Waals surface area contributed by atoms with Crippen molar-refractivity contribution in [1.29, 1.82) is 0 Å². The van der Waals surface area contributed by atoms with E-state index in [-0.39, 0.29) is 23.4 Å². The zero-order chi connectivity index (χ0) is 22.3. The van der Waals surface area contributed by atoms with Gasteiger partial charge in [0, 0.05) is 25.2 Å². The molecule has 0 aliphatic heterocycles. The van der Waals surface area contributed by atoms with Crippen molar-refractivity contribution in [2.75, 3.05) is 0 Å². The van der Waals surface area contributed by atoms with Crippen molar-refractivity contribution in [3.05, 3.63) is 59.0 Å². The topological polar surface area (TPSA) is 49.2 Å². The lowest BCUT2D eigenvalue weighted by molar-refractivity contribution is -0.141. The molecule has 0 aliphatic carbocycles. The maximum atomic E-state index is 13.4. The molecule has 12 heteroatoms. The summed E-state index contributed by atoms with van der Waals surface area (Å²) in [4.78, 5) is 3.91. The number of alkyl halides is 6. The van der Waals surface area contributed by atoms with Crippen LogP contribution in [0.1, 0.15) is 16.8 Å². The molecule has 0 saturated carbocycles. The molecule has 30 heavy (non-hydrogen) atoms. The molecule has 0 unspecified atom stereocenters. The lowest BCUT2D eigenvalue weighted by atomic mass is 10.2. The van der Waals surface area contributed by atoms with Crippen molar-refractivity contribution in [2.45, 2.75) is 19.3 Å². The van der Waals surface area contributed by atoms with Gasteiger partial charge in [0.15, 0.2) is 5.69 Å². The Hall–Kier alpha value is -3.31. The molecule has 0 atom stereocenters. The number of rotatable bonds is 4. The number of hydrogen-bond donors (Lipinski definition) is 0. The van der Waals surface area contributed by atoms with Gasteiger partial charge in [-0.1, -0.05) is 0 Å². The van der Waals surface area contributed by atoms with Crippen LogP contribution in [0.5, 0.6) is 23.4 Å². The zero-order valence-electron chi connectivity index (χ0n) is 15.3. The molecule has 0 radical (unpaired) electrons. The Bertz CT molecular complexity index is 1070. The van der Waals surface area contributed by atoms with E-state index in [0.717, 1.165) is 10.7 Å². The van der Waals surface area contributed by atoms with Crippen LogP contribution in [0.2, 0.25) is 0 Å². The second kappa shape index (κ2) is 7.50. The fourth-order valence-corrected chi connectivity index (χ4v) is 2.41. The average molecular weight is 435 g/mol. The van der Waals surface area contributed by atoms with Gasteiger partial charge in [-0.2, -0.15) is 36.4 Å². The highest BCUT2D eigenvalue weighted by molar-refractivity contribution is 5.36. The van der Waals surface area contributed by atoms with Gasteiger partial charge in [-0.05, 0) is 30.7 Å². The van der Waals surface area contributed by atoms with Gasteiger partial charge in [-0.15, -0.1) is 0 Å². The lowest BCUT2D eigenvalue weighted by Crippen LogP contribution is -2.08. The molecular formula is C18H12F7N3O2. The van der Waals surface area contributed by atoms with Crippen LogP contribution in [0.15, 0.2) is 36.4 Å². The fraction of sp³-hybridized carbons (Fsp3) is 0.222. The maximum Gasteiger partial charge on any atom is 0.435 e. The van der Waals surface area contributed by atoms with Crippen LogP contribution in [-0.2, 0) is 19.4 Å². The molecule has 5 nitrogen and oxygen atoms in total. The standard InChI is InChI=1S/C18H12F7N3O2/c1-9-5-14(29-10-3-4-12(19)11(7-10)17(20,21)22)26-15(6-9)30-16-8-13(18(23,24)25)27-28(16)2/h3-8H,1-2H3. The van der Waals surface area contributed by atoms with Crippen LogP contribution in [0, 0.1) is 12.7 Å². The first-order chi connectivity index (χ1) is 13.8. The molecule has 1 aromatic carbocycles. The van der Waals surface area contributed by atoms with E-state index in [0.29, 0.717) is 23.8 Å². The highest BCUT2D eigenvalue weighted by atomic mass is 19.4. The summed E-state index contributed by atoms with van der Waals surface area (Å²) in [6.45, 7) is 1.58. The predicted octanol–water partition coefficient (Wildman–Crippen LogP) is 5.88. The van der Waals surface area contributed by atoms with Crippen LogP contribution in [-0.4, -0.2) is 14.8 Å². The Labute approximate surface area is 164 Å². The summed E-state index contributed by atoms with van der Waals surface area (Å²) < 4.78 is 102. The van der Waals surface area contributed by atoms with Crippen LogP contribution in [0.3, 0.4) is 0 Å². The summed E-state index contributed by atoms with van der Waals surface area (Å²) in [6.07, 6.45) is -9.60. The third-order valence-electron chi connectivity index (χ3n) is 3.72. The number of hydrogen-bond acceptors (Lipinski definition) is 4. The van der Waals surface area contributed by atoms with E-state index in [4.69, 9.17) is 9.47 Å². The van der Waals surface area contributed by atoms with Crippen molar-refractivity contribution >= 4 is 0 Å². The van der Waals surface area contributed by atoms with Crippen molar-refractivity contribution in [3.63, 3.8) is 0 Å². The van der Waals surface area contributed by atoms with Crippen molar-refractivity contribution in [1.82, 2.24) is 14.8 Å². The van der Waals surface area contributed by atoms with Gasteiger partial charge in [0.1, 0.15) is 11.6 Å². The van der Waals surface area contributed by atoms with Crippen LogP contribution >= 0.6 is 0 Å². The van der Waals surface area contributed by atoms with Crippen LogP contribution < -0.4 is 9.47 Å². The summed E-state index contributed by atoms with van der Waals surface area (Å²) in [6, 6.07) is 5.44. The molecule has 0 saturated heterocycles. The Balaban J connectivity index is 1.87. The molecule has 160 valence electrons. The summed E-state index contributed by atoms with van der Waals surface area (Å²) >= 11 is 0. The second-order valence-electron chi connectivity index (χ2n) is 6.15. The highest BCUT2D eigenvalue weighted by Gasteiger charge is 2.35. The Morgan fingerprint density at radius 2 is 1.50 bits per heavy atom. The molecule has 3 rings (SSSR count). The largest absolute Gasteiger partial charge is 0.439 e. The molecule has 0 fully saturated rings. The number of aryl methyl sites for hydroxylation is 2. The minimum Gasteiger partial charge on any atom is -0.439 e. The third-order valence-corrected chi connectivity index (χ3v) is 3.72. The molecule has 0 bridgehead atoms. The van der Waals surface area contributed by atoms with E-state index >= 15 is 0 Å². The molecule has 2 heterocycles. The van der Waals surface area contributed by atoms with Crippen molar-refractivity contribution in [2.24, 2.45) is 7.05 Å². The second-order valence-corrected chi connectivity index (χ2v) is 6.15. The molecule has 0 spiro atoms. The van der Waals surface area contributed by atoms with Gasteiger partial charge in [0.2, 0.25) is 17.6 Å². The van der Waals surface area contributed by atoms with Gasteiger partial charge in [-0.3, -0.25) is 0 Å². The van der Waals surface area contributed by atoms with Crippen LogP contribution in [0.4, 0.5) is 30.7 Å². The number of pyridine rings is 1. The molecule has 0 N–H and O–H groups in total. The maximum absolute atomic E-state index is 13.4. The summed E-state index contributed by atoms with van der Waals surface area (Å²) in [5.74, 6) is -2.46. The van der Waals surface area contributed by atoms with Crippen molar-refractivity contribution < 1.29 is 40.2 Å². The first-order valence-corrected chi connectivity index (χ1v) is 8.15. The SMILES string of the molecule is Cc1cc(Oc2ccc(F)c(C(F)(F)F)c2)nc(Oc2cc(C(F)(F)F)nn2C)c1. The summed E-state index contributed by atoms with van der Waals surface area (Å²) in [5.41, 5.74) is -2.19. The Morgan fingerprint density at radius 1 is 0.867 bits per heavy atom. The number of halogens is 7. The van der Waals surface area contributed by atoms with Gasteiger partial charge in [0.25, 0.3) is 0 Å². The summed E-state index contributed by atoms with van der Waals surface area (Å²) in [7, 11) is 1.23. The highest BCUT2D eigenvalue weighted by Crippen LogP contribution is 2.35. The van der Waals surface area contributed by atoms with E-state index in [1.165, 1.54) is 19.2 Å². The van der Waals surface area contributed by atoms with E-state index in [2.05, 4.69) is 10.1 Å². The van der Waals surface area contributed by atoms with Gasteiger partial charge in [-0.25, -0.2) is 9.07 Å². The van der Waals surface area contributed by atoms with E-state index in [1.807, 2.05) is 0 Å². The smallest absolute Gasteiger partial charge is 0.435 e. The summed E-state index contributed by atoms with van der Waals surface area (Å²) in [5, 5.41) is 3.30. The monoisotopic (exact) mass is 435 g/mol. The van der Waals surface area contributed by atoms with Gasteiger partial charge >= 0.3 is 12.4 Å². The minimum absolute atomic E-state index is 0.181. The van der Waals surface area contributed by atoms with Crippen LogP contribution in [0.25, 0.3) is 0 Å². The Morgan fingerprint density at radius 3 is 2.07 bits per heavy atom. The quantitative estimate of drug-likeness (QED) is 0.480. The van der Waals surface area contributed by atoms with Crippen molar-refractivity contribution in [3.8, 4) is 23.4 Å². The number of benzene rings is 1. The molecule has 0 aliphatic rings. The predicted molar refractivity (Wildman–Crippen MR) is 88.7 cm³/mol. The lowest BCUT2D eigenvalue weighted by Gasteiger charge is -2.12. The number of aromatic nitrogens is 3. The average Bonchev–Trinajstić information content (AvgIpc) is 2.96. The first kappa shape index (κ1) is 21.4. The molecule has 3 aromatic rings. The third kappa shape index (κ3) is 4.81. The number of ether oxygens (including phenoxy) is 2. The van der Waals surface area contributed by atoms with Gasteiger partial charge < -0.3 is 9.47 Å². The molecule has 0 amide bonds. The number of nitrogens with zero attached hydrogens (tertiary/aromatic N) is 3. The van der Waals surface area contributed by atoms with E-state index in [9.17, 15) is 30.7 Å². The van der Waals surface area contributed by atoms with Gasteiger partial charge in [0.05, 0.1) is 5.56 Å². The first-order valence-electron chi connectivity index (χ1n) is 8.15. The normalized spacial score (nSPS) is 12.2. The molecule has 2 aromatic heterocycles. The molecular weight excluding hydrogens is 423 g/mol. The fourth-order valence-electron chi connectivity index (χ4n) is 2.41. The minimum atomic E-state index is -4.92. The van der Waals surface area contributed by atoms with E-state index < -0.39 is 29.4 Å².